The molecule has 0 aromatic rings. The number of carboxylic acids is 1. The molecule has 0 radical (unpaired) electrons. The molecule has 2 heterocycles. The third-order valence-corrected chi connectivity index (χ3v) is 3.93. The molecule has 0 aromatic heterocycles. The molecule has 2 saturated heterocycles. The van der Waals surface area contributed by atoms with Gasteiger partial charge in [-0.15, -0.1) is 0 Å². The Hall–Kier alpha value is -0.610. The molecule has 0 amide bonds. The standard InChI is InChI=1S/C11H19NO3/c13-10(14)11(3-7-15-8-4-11)9-1-5-12-6-2-9/h9,12H,1-8H2,(H,13,14). The summed E-state index contributed by atoms with van der Waals surface area (Å²) >= 11 is 0. The molecule has 15 heavy (non-hydrogen) atoms. The minimum atomic E-state index is -0.613. The van der Waals surface area contributed by atoms with Gasteiger partial charge in [0.05, 0.1) is 5.41 Å². The van der Waals surface area contributed by atoms with Gasteiger partial charge < -0.3 is 15.2 Å². The van der Waals surface area contributed by atoms with Gasteiger partial charge >= 0.3 is 5.97 Å². The van der Waals surface area contributed by atoms with Gasteiger partial charge in [0, 0.05) is 13.2 Å². The number of rotatable bonds is 2. The molecule has 2 N–H and O–H groups in total. The minimum absolute atomic E-state index is 0.333. The fraction of sp³-hybridized carbons (Fsp3) is 0.909. The molecule has 0 bridgehead atoms. The Balaban J connectivity index is 2.12. The van der Waals surface area contributed by atoms with Crippen molar-refractivity contribution in [3.05, 3.63) is 0 Å². The van der Waals surface area contributed by atoms with Gasteiger partial charge in [0.15, 0.2) is 0 Å². The lowest BCUT2D eigenvalue weighted by molar-refractivity contribution is -0.161. The Labute approximate surface area is 90.0 Å². The van der Waals surface area contributed by atoms with Crippen LogP contribution in [0.2, 0.25) is 0 Å². The minimum Gasteiger partial charge on any atom is -0.481 e. The van der Waals surface area contributed by atoms with E-state index in [9.17, 15) is 9.90 Å². The predicted octanol–water partition coefficient (Wildman–Crippen LogP) is 0.867. The van der Waals surface area contributed by atoms with Crippen LogP contribution in [0.1, 0.15) is 25.7 Å². The largest absolute Gasteiger partial charge is 0.481 e. The number of carboxylic acid groups (broad SMARTS) is 1. The van der Waals surface area contributed by atoms with E-state index >= 15 is 0 Å². The number of ether oxygens (including phenoxy) is 1. The molecular formula is C11H19NO3. The first-order valence-corrected chi connectivity index (χ1v) is 5.77. The van der Waals surface area contributed by atoms with Crippen LogP contribution in [0.25, 0.3) is 0 Å². The van der Waals surface area contributed by atoms with Crippen LogP contribution in [0.15, 0.2) is 0 Å². The quantitative estimate of drug-likeness (QED) is 0.714. The Bertz CT molecular complexity index is 230. The zero-order valence-corrected chi connectivity index (χ0v) is 9.00. The van der Waals surface area contributed by atoms with Gasteiger partial charge in [-0.2, -0.15) is 0 Å². The highest BCUT2D eigenvalue weighted by molar-refractivity contribution is 5.75. The van der Waals surface area contributed by atoms with Gasteiger partial charge in [-0.3, -0.25) is 4.79 Å². The van der Waals surface area contributed by atoms with E-state index in [0.29, 0.717) is 32.0 Å². The van der Waals surface area contributed by atoms with Crippen molar-refractivity contribution in [2.24, 2.45) is 11.3 Å². The van der Waals surface area contributed by atoms with Crippen molar-refractivity contribution < 1.29 is 14.6 Å². The van der Waals surface area contributed by atoms with Crippen molar-refractivity contribution in [3.63, 3.8) is 0 Å². The number of hydrogen-bond donors (Lipinski definition) is 2. The molecule has 2 aliphatic rings. The molecule has 0 atom stereocenters. The van der Waals surface area contributed by atoms with Crippen LogP contribution in [0.5, 0.6) is 0 Å². The van der Waals surface area contributed by atoms with E-state index in [-0.39, 0.29) is 0 Å². The molecule has 0 saturated carbocycles. The fourth-order valence-corrected chi connectivity index (χ4v) is 2.91. The van der Waals surface area contributed by atoms with Gasteiger partial charge in [-0.25, -0.2) is 0 Å². The summed E-state index contributed by atoms with van der Waals surface area (Å²) in [5.74, 6) is -0.280. The Morgan fingerprint density at radius 3 is 2.40 bits per heavy atom. The number of piperidine rings is 1. The van der Waals surface area contributed by atoms with Gasteiger partial charge in [0.25, 0.3) is 0 Å². The van der Waals surface area contributed by atoms with Crippen molar-refractivity contribution in [2.45, 2.75) is 25.7 Å². The summed E-state index contributed by atoms with van der Waals surface area (Å²) in [6, 6.07) is 0. The number of carbonyl (C=O) groups is 1. The molecule has 4 heteroatoms. The number of nitrogens with one attached hydrogen (secondary N) is 1. The first kappa shape index (κ1) is 10.9. The third-order valence-electron chi connectivity index (χ3n) is 3.93. The van der Waals surface area contributed by atoms with Crippen LogP contribution in [-0.2, 0) is 9.53 Å². The zero-order chi connectivity index (χ0) is 10.7. The highest BCUT2D eigenvalue weighted by Gasteiger charge is 2.46. The van der Waals surface area contributed by atoms with E-state index in [4.69, 9.17) is 4.74 Å². The van der Waals surface area contributed by atoms with Crippen molar-refractivity contribution in [3.8, 4) is 0 Å². The van der Waals surface area contributed by atoms with Crippen molar-refractivity contribution in [2.75, 3.05) is 26.3 Å². The van der Waals surface area contributed by atoms with E-state index < -0.39 is 11.4 Å². The van der Waals surface area contributed by atoms with Crippen LogP contribution >= 0.6 is 0 Å². The summed E-state index contributed by atoms with van der Waals surface area (Å²) in [6.07, 6.45) is 3.36. The average Bonchev–Trinajstić information content (AvgIpc) is 2.31. The molecule has 0 unspecified atom stereocenters. The second-order valence-electron chi connectivity index (χ2n) is 4.60. The summed E-state index contributed by atoms with van der Waals surface area (Å²) in [4.78, 5) is 11.5. The van der Waals surface area contributed by atoms with E-state index in [1.54, 1.807) is 0 Å². The smallest absolute Gasteiger partial charge is 0.310 e. The molecule has 0 spiro atoms. The Kier molecular flexibility index (Phi) is 3.26. The van der Waals surface area contributed by atoms with Crippen molar-refractivity contribution in [1.29, 1.82) is 0 Å². The Morgan fingerprint density at radius 2 is 1.87 bits per heavy atom. The normalized spacial score (nSPS) is 27.5. The fourth-order valence-electron chi connectivity index (χ4n) is 2.91. The van der Waals surface area contributed by atoms with Crippen LogP contribution in [0.4, 0.5) is 0 Å². The molecule has 0 aliphatic carbocycles. The monoisotopic (exact) mass is 213 g/mol. The van der Waals surface area contributed by atoms with Gasteiger partial charge in [-0.05, 0) is 44.7 Å². The molecule has 0 aromatic carbocycles. The third kappa shape index (κ3) is 2.01. The van der Waals surface area contributed by atoms with Crippen molar-refractivity contribution in [1.82, 2.24) is 5.32 Å². The van der Waals surface area contributed by atoms with Crippen LogP contribution in [0.3, 0.4) is 0 Å². The lowest BCUT2D eigenvalue weighted by Crippen LogP contribution is -2.47. The molecule has 4 nitrogen and oxygen atoms in total. The molecular weight excluding hydrogens is 194 g/mol. The van der Waals surface area contributed by atoms with E-state index in [1.807, 2.05) is 0 Å². The summed E-state index contributed by atoms with van der Waals surface area (Å²) in [6.45, 7) is 3.13. The number of hydrogen-bond acceptors (Lipinski definition) is 3. The zero-order valence-electron chi connectivity index (χ0n) is 9.00. The summed E-state index contributed by atoms with van der Waals surface area (Å²) < 4.78 is 5.29. The number of aliphatic carboxylic acids is 1. The van der Waals surface area contributed by atoms with Gasteiger partial charge in [0.1, 0.15) is 0 Å². The van der Waals surface area contributed by atoms with Crippen molar-refractivity contribution >= 4 is 5.97 Å². The van der Waals surface area contributed by atoms with E-state index in [0.717, 1.165) is 25.9 Å². The maximum atomic E-state index is 11.5. The highest BCUT2D eigenvalue weighted by atomic mass is 16.5. The highest BCUT2D eigenvalue weighted by Crippen LogP contribution is 2.42. The second-order valence-corrected chi connectivity index (χ2v) is 4.60. The topological polar surface area (TPSA) is 58.6 Å². The van der Waals surface area contributed by atoms with Gasteiger partial charge in [0.2, 0.25) is 0 Å². The maximum absolute atomic E-state index is 11.5. The predicted molar refractivity (Wildman–Crippen MR) is 55.7 cm³/mol. The lowest BCUT2D eigenvalue weighted by atomic mass is 9.66. The lowest BCUT2D eigenvalue weighted by Gasteiger charge is -2.41. The first-order chi connectivity index (χ1) is 7.26. The molecule has 2 aliphatic heterocycles. The Morgan fingerprint density at radius 1 is 1.27 bits per heavy atom. The van der Waals surface area contributed by atoms with E-state index in [1.165, 1.54) is 0 Å². The van der Waals surface area contributed by atoms with Crippen LogP contribution in [-0.4, -0.2) is 37.4 Å². The molecule has 2 rings (SSSR count). The van der Waals surface area contributed by atoms with E-state index in [2.05, 4.69) is 5.32 Å². The van der Waals surface area contributed by atoms with Gasteiger partial charge in [-0.1, -0.05) is 0 Å². The SMILES string of the molecule is O=C(O)C1(C2CCNCC2)CCOCC1. The molecule has 2 fully saturated rings. The average molecular weight is 213 g/mol. The summed E-state index contributed by atoms with van der Waals surface area (Å²) in [5, 5.41) is 12.8. The molecule has 86 valence electrons. The summed E-state index contributed by atoms with van der Waals surface area (Å²) in [7, 11) is 0. The van der Waals surface area contributed by atoms with Crippen LogP contribution < -0.4 is 5.32 Å². The second kappa shape index (κ2) is 4.49. The maximum Gasteiger partial charge on any atom is 0.310 e. The first-order valence-electron chi connectivity index (χ1n) is 5.77. The summed E-state index contributed by atoms with van der Waals surface area (Å²) in [5.41, 5.74) is -0.500. The van der Waals surface area contributed by atoms with Crippen LogP contribution in [0, 0.1) is 11.3 Å².